The van der Waals surface area contributed by atoms with Gasteiger partial charge in [0.2, 0.25) is 5.13 Å². The minimum absolute atomic E-state index is 0.861. The second-order valence-electron chi connectivity index (χ2n) is 0.994. The molecule has 1 aromatic heterocycles. The number of nitrogens with one attached hydrogen (secondary N) is 1. The third-order valence-electron chi connectivity index (χ3n) is 0.574. The summed E-state index contributed by atoms with van der Waals surface area (Å²) in [5, 5.41) is 11.0. The maximum atomic E-state index is 3.69. The van der Waals surface area contributed by atoms with Gasteiger partial charge in [0, 0.05) is 7.05 Å². The highest BCUT2D eigenvalue weighted by Crippen LogP contribution is 2.04. The highest BCUT2D eigenvalue weighted by atomic mass is 32.1. The maximum absolute atomic E-state index is 3.69. The second-order valence-corrected chi connectivity index (χ2v) is 1.83. The maximum Gasteiger partial charge on any atom is 0.205 e. The molecule has 3 nitrogen and oxygen atoms in total. The van der Waals surface area contributed by atoms with E-state index in [1.165, 1.54) is 11.3 Å². The smallest absolute Gasteiger partial charge is 0.205 e. The van der Waals surface area contributed by atoms with Gasteiger partial charge in [-0.1, -0.05) is 11.3 Å². The summed E-state index contributed by atoms with van der Waals surface area (Å²) in [6.07, 6.45) is 0. The van der Waals surface area contributed by atoms with Crippen LogP contribution in [0.25, 0.3) is 0 Å². The van der Waals surface area contributed by atoms with Crippen LogP contribution in [-0.4, -0.2) is 17.2 Å². The first-order valence-corrected chi connectivity index (χ1v) is 2.75. The first kappa shape index (κ1) is 4.52. The number of rotatable bonds is 1. The van der Waals surface area contributed by atoms with Crippen LogP contribution in [0.4, 0.5) is 5.13 Å². The van der Waals surface area contributed by atoms with Gasteiger partial charge in [-0.2, -0.15) is 0 Å². The first-order chi connectivity index (χ1) is 3.43. The van der Waals surface area contributed by atoms with Crippen molar-refractivity contribution in [3.63, 3.8) is 0 Å². The van der Waals surface area contributed by atoms with Gasteiger partial charge in [-0.3, -0.25) is 0 Å². The summed E-state index contributed by atoms with van der Waals surface area (Å²) < 4.78 is 0. The summed E-state index contributed by atoms with van der Waals surface area (Å²) >= 11 is 1.49. The Morgan fingerprint density at radius 3 is 3.00 bits per heavy atom. The average Bonchev–Trinajstić information content (AvgIpc) is 2.14. The van der Waals surface area contributed by atoms with Crippen LogP contribution < -0.4 is 5.32 Å². The van der Waals surface area contributed by atoms with E-state index in [4.69, 9.17) is 0 Å². The van der Waals surface area contributed by atoms with Crippen molar-refractivity contribution in [2.45, 2.75) is 0 Å². The summed E-state index contributed by atoms with van der Waals surface area (Å²) in [6, 6.07) is 0. The molecule has 0 radical (unpaired) electrons. The monoisotopic (exact) mass is 115 g/mol. The number of anilines is 1. The fraction of sp³-hybridized carbons (Fsp3) is 0.333. The predicted octanol–water partition coefficient (Wildman–Crippen LogP) is 0.580. The van der Waals surface area contributed by atoms with Gasteiger partial charge in [-0.25, -0.2) is 0 Å². The summed E-state index contributed by atoms with van der Waals surface area (Å²) in [7, 11) is 1.82. The number of hydrogen-bond donors (Lipinski definition) is 1. The van der Waals surface area contributed by atoms with Crippen LogP contribution in [0.3, 0.4) is 0 Å². The topological polar surface area (TPSA) is 37.8 Å². The SMILES string of the molecule is CNc1nncs1. The van der Waals surface area contributed by atoms with Crippen LogP contribution in [0.2, 0.25) is 0 Å². The van der Waals surface area contributed by atoms with Crippen LogP contribution in [0.5, 0.6) is 0 Å². The van der Waals surface area contributed by atoms with E-state index in [2.05, 4.69) is 15.5 Å². The average molecular weight is 115 g/mol. The van der Waals surface area contributed by atoms with Crippen molar-refractivity contribution >= 4 is 16.5 Å². The zero-order valence-electron chi connectivity index (χ0n) is 3.88. The Balaban J connectivity index is 2.76. The molecule has 7 heavy (non-hydrogen) atoms. The minimum atomic E-state index is 0.861. The van der Waals surface area contributed by atoms with Crippen LogP contribution in [-0.2, 0) is 0 Å². The standard InChI is InChI=1S/C3H5N3S/c1-4-3-6-5-2-7-3/h2H,1H3,(H,4,6). The molecule has 0 unspecified atom stereocenters. The normalized spacial score (nSPS) is 8.71. The van der Waals surface area contributed by atoms with Gasteiger partial charge >= 0.3 is 0 Å². The van der Waals surface area contributed by atoms with Gasteiger partial charge < -0.3 is 5.32 Å². The molecule has 0 aliphatic heterocycles. The Labute approximate surface area is 45.4 Å². The van der Waals surface area contributed by atoms with E-state index < -0.39 is 0 Å². The van der Waals surface area contributed by atoms with E-state index in [9.17, 15) is 0 Å². The molecule has 0 atom stereocenters. The molecular formula is C3H5N3S. The van der Waals surface area contributed by atoms with E-state index in [1.54, 1.807) is 5.51 Å². The largest absolute Gasteiger partial charge is 0.363 e. The third-order valence-corrected chi connectivity index (χ3v) is 1.28. The highest BCUT2D eigenvalue weighted by Gasteiger charge is 1.84. The van der Waals surface area contributed by atoms with Crippen molar-refractivity contribution < 1.29 is 0 Å². The van der Waals surface area contributed by atoms with Gasteiger partial charge in [0.05, 0.1) is 0 Å². The Hall–Kier alpha value is -0.640. The van der Waals surface area contributed by atoms with Crippen LogP contribution >= 0.6 is 11.3 Å². The highest BCUT2D eigenvalue weighted by molar-refractivity contribution is 7.13. The van der Waals surface area contributed by atoms with Crippen molar-refractivity contribution in [1.29, 1.82) is 0 Å². The lowest BCUT2D eigenvalue weighted by Gasteiger charge is -1.82. The zero-order chi connectivity index (χ0) is 5.11. The summed E-state index contributed by atoms with van der Waals surface area (Å²) in [6.45, 7) is 0. The van der Waals surface area contributed by atoms with Crippen molar-refractivity contribution in [1.82, 2.24) is 10.2 Å². The fourth-order valence-electron chi connectivity index (χ4n) is 0.282. The zero-order valence-corrected chi connectivity index (χ0v) is 4.70. The molecule has 1 rings (SSSR count). The molecule has 0 aromatic carbocycles. The fourth-order valence-corrected chi connectivity index (χ4v) is 0.688. The first-order valence-electron chi connectivity index (χ1n) is 1.87. The molecular weight excluding hydrogens is 110 g/mol. The lowest BCUT2D eigenvalue weighted by Crippen LogP contribution is -1.84. The molecule has 0 aliphatic rings. The van der Waals surface area contributed by atoms with Crippen LogP contribution in [0, 0.1) is 0 Å². The summed E-state index contributed by atoms with van der Waals surface area (Å²) in [4.78, 5) is 0. The molecule has 0 bridgehead atoms. The van der Waals surface area contributed by atoms with E-state index in [1.807, 2.05) is 7.05 Å². The Kier molecular flexibility index (Phi) is 1.21. The molecule has 0 aliphatic carbocycles. The quantitative estimate of drug-likeness (QED) is 0.581. The lowest BCUT2D eigenvalue weighted by molar-refractivity contribution is 1.09. The van der Waals surface area contributed by atoms with Gasteiger partial charge in [-0.15, -0.1) is 10.2 Å². The molecule has 0 saturated carbocycles. The van der Waals surface area contributed by atoms with Gasteiger partial charge in [-0.05, 0) is 0 Å². The van der Waals surface area contributed by atoms with Gasteiger partial charge in [0.25, 0.3) is 0 Å². The van der Waals surface area contributed by atoms with Crippen LogP contribution in [0.15, 0.2) is 5.51 Å². The van der Waals surface area contributed by atoms with Gasteiger partial charge in [0.15, 0.2) is 0 Å². The van der Waals surface area contributed by atoms with Crippen molar-refractivity contribution in [2.75, 3.05) is 12.4 Å². The Bertz CT molecular complexity index is 125. The van der Waals surface area contributed by atoms with Crippen molar-refractivity contribution in [3.05, 3.63) is 5.51 Å². The van der Waals surface area contributed by atoms with E-state index in [0.29, 0.717) is 0 Å². The summed E-state index contributed by atoms with van der Waals surface area (Å²) in [5.74, 6) is 0. The molecule has 1 aromatic rings. The lowest BCUT2D eigenvalue weighted by atomic mass is 11.1. The van der Waals surface area contributed by atoms with Crippen LogP contribution in [0.1, 0.15) is 0 Å². The second kappa shape index (κ2) is 1.88. The third kappa shape index (κ3) is 0.866. The predicted molar refractivity (Wildman–Crippen MR) is 29.5 cm³/mol. The summed E-state index contributed by atoms with van der Waals surface area (Å²) in [5.41, 5.74) is 1.69. The molecule has 0 amide bonds. The molecule has 38 valence electrons. The minimum Gasteiger partial charge on any atom is -0.363 e. The Morgan fingerprint density at radius 1 is 1.86 bits per heavy atom. The number of aromatic nitrogens is 2. The molecule has 0 fully saturated rings. The molecule has 1 N–H and O–H groups in total. The number of hydrogen-bond acceptors (Lipinski definition) is 4. The number of nitrogens with zero attached hydrogens (tertiary/aromatic N) is 2. The Morgan fingerprint density at radius 2 is 2.71 bits per heavy atom. The van der Waals surface area contributed by atoms with E-state index >= 15 is 0 Å². The van der Waals surface area contributed by atoms with Crippen molar-refractivity contribution in [3.8, 4) is 0 Å². The van der Waals surface area contributed by atoms with E-state index in [-0.39, 0.29) is 0 Å². The molecule has 0 spiro atoms. The molecule has 4 heteroatoms. The van der Waals surface area contributed by atoms with Gasteiger partial charge in [0.1, 0.15) is 5.51 Å². The van der Waals surface area contributed by atoms with E-state index in [0.717, 1.165) is 5.13 Å². The molecule has 1 heterocycles. The molecule has 0 saturated heterocycles. The van der Waals surface area contributed by atoms with Crippen molar-refractivity contribution in [2.24, 2.45) is 0 Å².